The number of amides is 3. The Balaban J connectivity index is 0.000000229. The van der Waals surface area contributed by atoms with Crippen molar-refractivity contribution in [2.75, 3.05) is 49.0 Å². The van der Waals surface area contributed by atoms with Crippen LogP contribution in [0.3, 0.4) is 0 Å². The van der Waals surface area contributed by atoms with Gasteiger partial charge < -0.3 is 67.8 Å². The number of nitrogens with one attached hydrogen (secondary N) is 1. The second-order valence-electron chi connectivity index (χ2n) is 26.1. The Hall–Kier alpha value is -4.57. The third-order valence-corrected chi connectivity index (χ3v) is 19.0. The highest BCUT2D eigenvalue weighted by Gasteiger charge is 2.52. The lowest BCUT2D eigenvalue weighted by Crippen LogP contribution is -2.58. The normalized spacial score (nSPS) is 29.2. The molecule has 3 N–H and O–H groups in total. The topological polar surface area (TPSA) is 243 Å². The van der Waals surface area contributed by atoms with E-state index in [0.717, 1.165) is 59.9 Å². The lowest BCUT2D eigenvalue weighted by Gasteiger charge is -2.42. The van der Waals surface area contributed by atoms with Crippen LogP contribution in [-0.2, 0) is 51.1 Å². The highest BCUT2D eigenvalue weighted by atomic mass is 32.2. The molecule has 0 radical (unpaired) electrons. The van der Waals surface area contributed by atoms with E-state index in [1.807, 2.05) is 111 Å². The van der Waals surface area contributed by atoms with E-state index in [-0.39, 0.29) is 82.9 Å². The average Bonchev–Trinajstić information content (AvgIpc) is 1.86. The van der Waals surface area contributed by atoms with Crippen molar-refractivity contribution in [3.8, 4) is 11.5 Å². The molecule has 6 aliphatic rings. The molecule has 6 heterocycles. The number of aliphatic hydroxyl groups excluding tert-OH is 2. The lowest BCUT2D eigenvalue weighted by molar-refractivity contribution is -0.158. The molecule has 4 fully saturated rings. The fourth-order valence-electron chi connectivity index (χ4n) is 10.5. The number of benzene rings is 2. The van der Waals surface area contributed by atoms with Crippen LogP contribution in [0.25, 0.3) is 0 Å². The molecular weight excluding hydrogens is 1200 g/mol. The number of hydrogen-bond acceptors (Lipinski definition) is 21. The largest absolute Gasteiger partial charge is 0.497 e. The van der Waals surface area contributed by atoms with E-state index in [9.17, 15) is 24.6 Å². The first-order chi connectivity index (χ1) is 41.9. The first-order valence-corrected chi connectivity index (χ1v) is 33.6. The number of carbonyl (C=O) groups is 3. The van der Waals surface area contributed by atoms with Crippen molar-refractivity contribution < 1.29 is 72.0 Å². The summed E-state index contributed by atoms with van der Waals surface area (Å²) in [5.74, 6) is 1.76. The predicted molar refractivity (Wildman–Crippen MR) is 351 cm³/mol. The van der Waals surface area contributed by atoms with Gasteiger partial charge in [0.1, 0.15) is 68.9 Å². The molecule has 0 unspecified atom stereocenters. The fourth-order valence-corrected chi connectivity index (χ4v) is 14.0. The monoisotopic (exact) mass is 1300 g/mol. The Morgan fingerprint density at radius 3 is 1.43 bits per heavy atom. The zero-order chi connectivity index (χ0) is 65.7. The Morgan fingerprint density at radius 1 is 0.596 bits per heavy atom. The van der Waals surface area contributed by atoms with Crippen LogP contribution in [0.4, 0.5) is 14.4 Å². The third kappa shape index (κ3) is 21.0. The first-order valence-electron chi connectivity index (χ1n) is 31.0. The highest BCUT2D eigenvalue weighted by Crippen LogP contribution is 2.44. The second-order valence-corrected chi connectivity index (χ2v) is 29.4. The minimum absolute atomic E-state index is 0.0259. The number of aliphatic imine (C=N–C) groups is 3. The number of hydrogen-bond donors (Lipinski definition) is 3. The minimum atomic E-state index is -0.813. The summed E-state index contributed by atoms with van der Waals surface area (Å²) >= 11 is 4.35. The van der Waals surface area contributed by atoms with Crippen LogP contribution in [0.15, 0.2) is 63.5 Å². The number of nitrogens with zero attached hydrogens (tertiary/aromatic N) is 6. The maximum atomic E-state index is 12.7. The van der Waals surface area contributed by atoms with Crippen molar-refractivity contribution in [3.63, 3.8) is 0 Å². The number of fused-ring (bicyclic) bond motifs is 3. The van der Waals surface area contributed by atoms with Gasteiger partial charge in [0.05, 0.1) is 64.0 Å². The molecule has 0 saturated carbocycles. The average molecular weight is 1300 g/mol. The summed E-state index contributed by atoms with van der Waals surface area (Å²) in [6, 6.07) is 14.9. The van der Waals surface area contributed by atoms with E-state index in [0.29, 0.717) is 36.5 Å². The van der Waals surface area contributed by atoms with E-state index in [1.165, 1.54) is 45.1 Å². The van der Waals surface area contributed by atoms with Crippen LogP contribution in [0, 0.1) is 11.8 Å². The van der Waals surface area contributed by atoms with Gasteiger partial charge in [-0.05, 0) is 117 Å². The number of carbonyl (C=O) groups excluding carboxylic acids is 3. The molecule has 2 aromatic carbocycles. The smallest absolute Gasteiger partial charge is 0.416 e. The van der Waals surface area contributed by atoms with Crippen molar-refractivity contribution >= 4 is 69.1 Å². The van der Waals surface area contributed by atoms with E-state index >= 15 is 0 Å². The number of aliphatic hydroxyl groups is 2. The summed E-state index contributed by atoms with van der Waals surface area (Å²) in [5.41, 5.74) is -0.328. The van der Waals surface area contributed by atoms with Gasteiger partial charge >= 0.3 is 18.3 Å². The molecule has 0 spiro atoms. The number of thioether (sulfide) groups is 3. The van der Waals surface area contributed by atoms with Crippen molar-refractivity contribution in [2.24, 2.45) is 26.8 Å². The van der Waals surface area contributed by atoms with Crippen molar-refractivity contribution in [2.45, 2.75) is 236 Å². The van der Waals surface area contributed by atoms with Crippen molar-refractivity contribution in [1.82, 2.24) is 20.0 Å². The van der Waals surface area contributed by atoms with E-state index in [4.69, 9.17) is 57.4 Å². The molecule has 6 aliphatic heterocycles. The van der Waals surface area contributed by atoms with E-state index in [2.05, 4.69) is 38.0 Å². The van der Waals surface area contributed by atoms with Crippen molar-refractivity contribution in [1.29, 1.82) is 0 Å². The molecular formula is C64H101N7O15S3. The molecule has 3 amide bonds. The Bertz CT molecular complexity index is 2690. The van der Waals surface area contributed by atoms with Gasteiger partial charge in [-0.15, -0.1) is 0 Å². The number of ether oxygens (including phenoxy) is 10. The molecule has 0 aliphatic carbocycles. The summed E-state index contributed by atoms with van der Waals surface area (Å²) < 4.78 is 58.8. The number of rotatable bonds is 16. The molecule has 0 bridgehead atoms. The fraction of sp³-hybridized carbons (Fsp3) is 0.719. The zero-order valence-corrected chi connectivity index (χ0v) is 58.2. The van der Waals surface area contributed by atoms with E-state index in [1.54, 1.807) is 47.3 Å². The van der Waals surface area contributed by atoms with Crippen molar-refractivity contribution in [3.05, 3.63) is 59.7 Å². The van der Waals surface area contributed by atoms with Gasteiger partial charge in [0.2, 0.25) is 0 Å². The standard InChI is InChI=1S/C29H45N3O7S.C24H36N2O5S.C11H20N2O3S/c1-18-21(15-16-31(8)26(33)38-28(2,3)4)37-24-22(23(18)36-17-19-11-13-20(35-10)14-12-19)30-25(40-24)32(9)27(34)39-29(5,6)7;1-8-9-18-15(2)20(29-14-16-10-12-17(28-7)13-11-16)19-21(30-18)32-22(25-19)26(6)23(27)31-24(3,4)5;1-3-4-5-6-8(14)9(15)7-10(16-6)17-11(12-2)13-7/h11-14,18,21-24H,15-17H2,1-10H3;10-13,15,18-21H,8-9,14H2,1-7H3;6-10,14-15H,3-5H2,1-2H3,(H,12,13)/t18-,21-,22-,23+,24-;15-,18-,19-,20+,21-;6-,7-,8-,9-,10-/m111/s1. The highest BCUT2D eigenvalue weighted by molar-refractivity contribution is 8.15. The summed E-state index contributed by atoms with van der Waals surface area (Å²) in [6.07, 6.45) is 1.83. The lowest BCUT2D eigenvalue weighted by atomic mass is 9.88. The first kappa shape index (κ1) is 73.5. The van der Waals surface area contributed by atoms with Crippen LogP contribution < -0.4 is 14.8 Å². The van der Waals surface area contributed by atoms with Gasteiger partial charge in [-0.1, -0.05) is 107 Å². The second kappa shape index (κ2) is 32.8. The molecule has 500 valence electrons. The van der Waals surface area contributed by atoms with Crippen LogP contribution in [-0.4, -0.2) is 202 Å². The number of amidine groups is 3. The minimum Gasteiger partial charge on any atom is -0.497 e. The zero-order valence-electron chi connectivity index (χ0n) is 55.8. The number of methoxy groups -OCH3 is 2. The predicted octanol–water partition coefficient (Wildman–Crippen LogP) is 10.9. The van der Waals surface area contributed by atoms with Gasteiger partial charge in [-0.3, -0.25) is 24.8 Å². The van der Waals surface area contributed by atoms with Crippen LogP contribution in [0.2, 0.25) is 0 Å². The molecule has 4 saturated heterocycles. The summed E-state index contributed by atoms with van der Waals surface area (Å²) in [4.78, 5) is 56.1. The van der Waals surface area contributed by atoms with Gasteiger partial charge in [0, 0.05) is 46.6 Å². The SMILES string of the molecule is CCCC[C@H]1O[C@@H]2SC(=NC)N[C@@H]2[C@@H](O)[C@@H]1O.CCC[C@H]1O[C@@H]2SC(N(C)C(=O)OC(C)(C)C)=N[C@@H]2[C@@H](OCc2ccc(OC)cc2)[C@@H]1C.COc1ccc(CO[C@H]2[C@H](C)[C@@H](CCN(C)C(=O)OC(C)(C)C)O[C@@H]3SC(N(C)C(=O)OC(C)(C)C)=N[C@H]23)cc1. The summed E-state index contributed by atoms with van der Waals surface area (Å²) in [7, 11) is 10.1. The summed E-state index contributed by atoms with van der Waals surface area (Å²) in [6.45, 7) is 26.4. The van der Waals surface area contributed by atoms with Crippen LogP contribution in [0.1, 0.15) is 140 Å². The third-order valence-electron chi connectivity index (χ3n) is 15.4. The summed E-state index contributed by atoms with van der Waals surface area (Å²) in [5, 5.41) is 25.1. The maximum Gasteiger partial charge on any atom is 0.416 e. The molecule has 0 aromatic heterocycles. The quantitative estimate of drug-likeness (QED) is 0.132. The van der Waals surface area contributed by atoms with Gasteiger partial charge in [0.15, 0.2) is 15.5 Å². The Kier molecular flexibility index (Phi) is 27.1. The molecule has 22 nitrogen and oxygen atoms in total. The van der Waals surface area contributed by atoms with E-state index < -0.39 is 41.2 Å². The molecule has 8 rings (SSSR count). The van der Waals surface area contributed by atoms with Gasteiger partial charge in [0.25, 0.3) is 0 Å². The molecule has 15 atom stereocenters. The Labute approximate surface area is 541 Å². The molecule has 89 heavy (non-hydrogen) atoms. The molecule has 25 heteroatoms. The van der Waals surface area contributed by atoms with Gasteiger partial charge in [-0.2, -0.15) is 0 Å². The molecule has 2 aromatic rings. The Morgan fingerprint density at radius 2 is 1.02 bits per heavy atom. The van der Waals surface area contributed by atoms with Gasteiger partial charge in [-0.25, -0.2) is 14.4 Å². The maximum absolute atomic E-state index is 12.7. The number of unbranched alkanes of at least 4 members (excludes halogenated alkanes) is 1. The van der Waals surface area contributed by atoms with Crippen LogP contribution >= 0.6 is 35.3 Å². The van der Waals surface area contributed by atoms with Crippen LogP contribution in [0.5, 0.6) is 11.5 Å².